The van der Waals surface area contributed by atoms with Crippen LogP contribution < -0.4 is 10.6 Å². The molecule has 0 saturated carbocycles. The van der Waals surface area contributed by atoms with E-state index in [1.54, 1.807) is 12.1 Å². The van der Waals surface area contributed by atoms with Crippen LogP contribution in [0.1, 0.15) is 36.5 Å². The number of hydrogen-bond donors (Lipinski definition) is 2. The maximum absolute atomic E-state index is 13.8. The number of para-hydroxylation sites is 1. The normalized spacial score (nSPS) is 16.2. The number of anilines is 1. The van der Waals surface area contributed by atoms with Crippen molar-refractivity contribution in [3.8, 4) is 0 Å². The highest BCUT2D eigenvalue weighted by molar-refractivity contribution is 5.94. The lowest BCUT2D eigenvalue weighted by molar-refractivity contribution is -0.117. The van der Waals surface area contributed by atoms with Crippen molar-refractivity contribution in [2.45, 2.75) is 26.2 Å². The van der Waals surface area contributed by atoms with Gasteiger partial charge in [0.1, 0.15) is 5.82 Å². The molecule has 2 amide bonds. The Balaban J connectivity index is 1.48. The summed E-state index contributed by atoms with van der Waals surface area (Å²) >= 11 is 0. The number of amides is 2. The van der Waals surface area contributed by atoms with Crippen molar-refractivity contribution in [3.63, 3.8) is 0 Å². The average Bonchev–Trinajstić information content (AvgIpc) is 2.74. The first-order valence-corrected chi connectivity index (χ1v) is 10.1. The fraction of sp³-hybridized carbons (Fsp3) is 0.391. The Morgan fingerprint density at radius 3 is 2.34 bits per heavy atom. The van der Waals surface area contributed by atoms with Crippen molar-refractivity contribution in [3.05, 3.63) is 66.0 Å². The van der Waals surface area contributed by atoms with Gasteiger partial charge in [-0.1, -0.05) is 37.3 Å². The van der Waals surface area contributed by atoms with Crippen molar-refractivity contribution in [1.82, 2.24) is 10.2 Å². The fourth-order valence-corrected chi connectivity index (χ4v) is 3.77. The number of carbonyl (C=O) groups excluding carboxylic acids is 2. The largest absolute Gasteiger partial charge is 0.351 e. The summed E-state index contributed by atoms with van der Waals surface area (Å²) in [4.78, 5) is 26.7. The number of halogens is 1. The zero-order valence-corrected chi connectivity index (χ0v) is 16.8. The van der Waals surface area contributed by atoms with E-state index in [4.69, 9.17) is 0 Å². The lowest BCUT2D eigenvalue weighted by Crippen LogP contribution is -2.47. The number of carbonyl (C=O) groups is 2. The maximum Gasteiger partial charge on any atom is 0.254 e. The van der Waals surface area contributed by atoms with Gasteiger partial charge in [-0.3, -0.25) is 14.5 Å². The van der Waals surface area contributed by atoms with E-state index in [-0.39, 0.29) is 22.8 Å². The zero-order chi connectivity index (χ0) is 20.7. The summed E-state index contributed by atoms with van der Waals surface area (Å²) < 4.78 is 13.8. The molecule has 2 N–H and O–H groups in total. The van der Waals surface area contributed by atoms with Gasteiger partial charge in [-0.2, -0.15) is 0 Å². The van der Waals surface area contributed by atoms with Gasteiger partial charge in [0.2, 0.25) is 5.91 Å². The Hall–Kier alpha value is -2.73. The second-order valence-electron chi connectivity index (χ2n) is 7.71. The summed E-state index contributed by atoms with van der Waals surface area (Å²) in [5, 5.41) is 5.83. The number of benzene rings is 2. The van der Waals surface area contributed by atoms with Gasteiger partial charge < -0.3 is 10.6 Å². The standard InChI is InChI=1S/C23H28FN3O2/c1-2-23(17-25-22(29)19-10-6-7-11-20(19)24)12-14-27(15-13-23)16-21(28)26-18-8-4-3-5-9-18/h3-11H,2,12-17H2,1H3,(H,25,29)(H,26,28). The molecule has 0 aliphatic carbocycles. The molecule has 2 aromatic carbocycles. The molecule has 1 heterocycles. The fourth-order valence-electron chi connectivity index (χ4n) is 3.77. The van der Waals surface area contributed by atoms with E-state index in [2.05, 4.69) is 22.5 Å². The van der Waals surface area contributed by atoms with Gasteiger partial charge in [-0.25, -0.2) is 4.39 Å². The molecule has 1 aliphatic heterocycles. The Morgan fingerprint density at radius 1 is 1.03 bits per heavy atom. The van der Waals surface area contributed by atoms with Gasteiger partial charge in [-0.05, 0) is 62.0 Å². The third-order valence-corrected chi connectivity index (χ3v) is 5.83. The predicted octanol–water partition coefficient (Wildman–Crippen LogP) is 3.69. The van der Waals surface area contributed by atoms with Crippen molar-refractivity contribution >= 4 is 17.5 Å². The van der Waals surface area contributed by atoms with E-state index < -0.39 is 5.82 Å². The van der Waals surface area contributed by atoms with Crippen LogP contribution in [0, 0.1) is 11.2 Å². The number of piperidine rings is 1. The molecule has 29 heavy (non-hydrogen) atoms. The Labute approximate surface area is 171 Å². The first kappa shape index (κ1) is 21.0. The van der Waals surface area contributed by atoms with Crippen LogP contribution in [0.2, 0.25) is 0 Å². The lowest BCUT2D eigenvalue weighted by atomic mass is 9.76. The van der Waals surface area contributed by atoms with Gasteiger partial charge in [0.25, 0.3) is 5.91 Å². The molecular weight excluding hydrogens is 369 g/mol. The molecular formula is C23H28FN3O2. The molecule has 0 unspecified atom stereocenters. The van der Waals surface area contributed by atoms with Crippen molar-refractivity contribution in [2.24, 2.45) is 5.41 Å². The van der Waals surface area contributed by atoms with Crippen LogP contribution in [-0.2, 0) is 4.79 Å². The number of likely N-dealkylation sites (tertiary alicyclic amines) is 1. The molecule has 154 valence electrons. The molecule has 0 spiro atoms. The minimum atomic E-state index is -0.505. The van der Waals surface area contributed by atoms with E-state index in [0.717, 1.165) is 38.0 Å². The minimum absolute atomic E-state index is 0.0203. The minimum Gasteiger partial charge on any atom is -0.351 e. The van der Waals surface area contributed by atoms with E-state index in [0.29, 0.717) is 13.1 Å². The molecule has 6 heteroatoms. The molecule has 0 radical (unpaired) electrons. The summed E-state index contributed by atoms with van der Waals surface area (Å²) in [6.07, 6.45) is 2.70. The molecule has 1 saturated heterocycles. The van der Waals surface area contributed by atoms with E-state index in [1.807, 2.05) is 30.3 Å². The smallest absolute Gasteiger partial charge is 0.254 e. The summed E-state index contributed by atoms with van der Waals surface area (Å²) in [6.45, 7) is 4.58. The molecule has 2 aromatic rings. The monoisotopic (exact) mass is 397 g/mol. The Bertz CT molecular complexity index is 833. The number of nitrogens with one attached hydrogen (secondary N) is 2. The van der Waals surface area contributed by atoms with Crippen molar-refractivity contribution in [2.75, 3.05) is 31.5 Å². The predicted molar refractivity (Wildman–Crippen MR) is 112 cm³/mol. The van der Waals surface area contributed by atoms with Crippen LogP contribution in [0.4, 0.5) is 10.1 Å². The van der Waals surface area contributed by atoms with E-state index in [9.17, 15) is 14.0 Å². The quantitative estimate of drug-likeness (QED) is 0.749. The summed E-state index contributed by atoms with van der Waals surface area (Å²) in [5.41, 5.74) is 0.856. The highest BCUT2D eigenvalue weighted by Crippen LogP contribution is 2.34. The highest BCUT2D eigenvalue weighted by atomic mass is 19.1. The third kappa shape index (κ3) is 5.64. The molecule has 5 nitrogen and oxygen atoms in total. The Morgan fingerprint density at radius 2 is 1.69 bits per heavy atom. The van der Waals surface area contributed by atoms with Gasteiger partial charge >= 0.3 is 0 Å². The maximum atomic E-state index is 13.8. The summed E-state index contributed by atoms with van der Waals surface area (Å²) in [6, 6.07) is 15.5. The Kier molecular flexibility index (Phi) is 6.99. The molecule has 1 fully saturated rings. The summed E-state index contributed by atoms with van der Waals surface area (Å²) in [5.74, 6) is -0.900. The van der Waals surface area contributed by atoms with Crippen molar-refractivity contribution in [1.29, 1.82) is 0 Å². The zero-order valence-electron chi connectivity index (χ0n) is 16.8. The molecule has 1 aliphatic rings. The van der Waals surface area contributed by atoms with E-state index >= 15 is 0 Å². The number of nitrogens with zero attached hydrogens (tertiary/aromatic N) is 1. The van der Waals surface area contributed by atoms with Crippen LogP contribution in [-0.4, -0.2) is 42.9 Å². The van der Waals surface area contributed by atoms with E-state index in [1.165, 1.54) is 12.1 Å². The van der Waals surface area contributed by atoms with Crippen LogP contribution in [0.5, 0.6) is 0 Å². The van der Waals surface area contributed by atoms with Gasteiger partial charge in [0.05, 0.1) is 12.1 Å². The first-order valence-electron chi connectivity index (χ1n) is 10.1. The second kappa shape index (κ2) is 9.65. The molecule has 0 aromatic heterocycles. The number of rotatable bonds is 7. The van der Waals surface area contributed by atoms with Gasteiger partial charge in [0, 0.05) is 12.2 Å². The topological polar surface area (TPSA) is 61.4 Å². The highest BCUT2D eigenvalue weighted by Gasteiger charge is 2.34. The van der Waals surface area contributed by atoms with Crippen molar-refractivity contribution < 1.29 is 14.0 Å². The third-order valence-electron chi connectivity index (χ3n) is 5.83. The summed E-state index contributed by atoms with van der Waals surface area (Å²) in [7, 11) is 0. The lowest BCUT2D eigenvalue weighted by Gasteiger charge is -2.41. The molecule has 3 rings (SSSR count). The second-order valence-corrected chi connectivity index (χ2v) is 7.71. The van der Waals surface area contributed by atoms with Gasteiger partial charge in [-0.15, -0.1) is 0 Å². The number of hydrogen-bond acceptors (Lipinski definition) is 3. The van der Waals surface area contributed by atoms with Crippen LogP contribution >= 0.6 is 0 Å². The van der Waals surface area contributed by atoms with Crippen LogP contribution in [0.3, 0.4) is 0 Å². The SMILES string of the molecule is CCC1(CNC(=O)c2ccccc2F)CCN(CC(=O)Nc2ccccc2)CC1. The first-order chi connectivity index (χ1) is 14.0. The van der Waals surface area contributed by atoms with Gasteiger partial charge in [0.15, 0.2) is 0 Å². The molecule has 0 atom stereocenters. The van der Waals surface area contributed by atoms with Crippen LogP contribution in [0.15, 0.2) is 54.6 Å². The average molecular weight is 397 g/mol. The van der Waals surface area contributed by atoms with Crippen LogP contribution in [0.25, 0.3) is 0 Å². The molecule has 0 bridgehead atoms.